The molecule has 0 aromatic carbocycles. The van der Waals surface area contributed by atoms with Crippen molar-refractivity contribution in [3.05, 3.63) is 12.7 Å². The van der Waals surface area contributed by atoms with E-state index in [4.69, 9.17) is 13.6 Å². The van der Waals surface area contributed by atoms with E-state index >= 15 is 0 Å². The number of hydrogen-bond acceptors (Lipinski definition) is 7. The van der Waals surface area contributed by atoms with E-state index in [1.807, 2.05) is 10.9 Å². The van der Waals surface area contributed by atoms with Crippen molar-refractivity contribution < 1.29 is 13.6 Å². The van der Waals surface area contributed by atoms with Crippen molar-refractivity contribution >= 4 is 41.9 Å². The lowest BCUT2D eigenvalue weighted by Gasteiger charge is -2.39. The fourth-order valence-corrected chi connectivity index (χ4v) is 6.46. The summed E-state index contributed by atoms with van der Waals surface area (Å²) < 4.78 is 21.7. The molecule has 1 aliphatic heterocycles. The molecule has 3 atom stereocenters. The SMILES string of the molecule is CC(C)(C)[Si](C)(C)OC1C[C@@H](n2cnc3c(N[Si](C)(C)C)ncnc32)O[C@H]1CO[Si](C)(C)C. The van der Waals surface area contributed by atoms with Gasteiger partial charge in [-0.1, -0.05) is 40.4 Å². The molecule has 0 amide bonds. The van der Waals surface area contributed by atoms with E-state index in [1.165, 1.54) is 0 Å². The zero-order valence-electron chi connectivity index (χ0n) is 22.3. The molecule has 0 radical (unpaired) electrons. The van der Waals surface area contributed by atoms with Crippen LogP contribution >= 0.6 is 0 Å². The van der Waals surface area contributed by atoms with Gasteiger partial charge in [0.15, 0.2) is 22.3 Å². The molecule has 1 aliphatic rings. The van der Waals surface area contributed by atoms with Gasteiger partial charge in [0.05, 0.1) is 19.0 Å². The third-order valence-corrected chi connectivity index (χ3v) is 12.8. The molecule has 3 rings (SSSR count). The van der Waals surface area contributed by atoms with Crippen molar-refractivity contribution in [3.63, 3.8) is 0 Å². The van der Waals surface area contributed by atoms with Crippen LogP contribution in [0, 0.1) is 0 Å². The van der Waals surface area contributed by atoms with E-state index in [9.17, 15) is 0 Å². The highest BCUT2D eigenvalue weighted by atomic mass is 28.4. The van der Waals surface area contributed by atoms with Gasteiger partial charge in [0.25, 0.3) is 0 Å². The lowest BCUT2D eigenvalue weighted by Crippen LogP contribution is -2.47. The Hall–Kier alpha value is -1.12. The zero-order valence-corrected chi connectivity index (χ0v) is 25.3. The average molecular weight is 510 g/mol. The molecule has 1 saturated heterocycles. The molecule has 1 unspecified atom stereocenters. The van der Waals surface area contributed by atoms with Crippen LogP contribution in [0.3, 0.4) is 0 Å². The van der Waals surface area contributed by atoms with Crippen LogP contribution in [0.15, 0.2) is 12.7 Å². The Balaban J connectivity index is 1.89. The number of anilines is 1. The highest BCUT2D eigenvalue weighted by Gasteiger charge is 2.45. The standard InChI is InChI=1S/C22H43N5O3Si3/c1-22(2,3)33(10,11)30-16-12-18(29-17(16)13-28-32(7,8)9)27-15-25-19-20(26-31(4,5)6)23-14-24-21(19)27/h14-18H,12-13H2,1-11H3,(H,23,24,26)/t16?,17-,18-/m0/s1. The Labute approximate surface area is 202 Å². The van der Waals surface area contributed by atoms with Gasteiger partial charge in [-0.3, -0.25) is 4.57 Å². The van der Waals surface area contributed by atoms with Gasteiger partial charge < -0.3 is 18.6 Å². The van der Waals surface area contributed by atoms with E-state index in [2.05, 4.69) is 93.1 Å². The summed E-state index contributed by atoms with van der Waals surface area (Å²) in [7, 11) is -5.23. The van der Waals surface area contributed by atoms with E-state index < -0.39 is 24.9 Å². The fraction of sp³-hybridized carbons (Fsp3) is 0.773. The minimum atomic E-state index is -1.97. The molecule has 11 heteroatoms. The van der Waals surface area contributed by atoms with E-state index in [1.54, 1.807) is 6.33 Å². The summed E-state index contributed by atoms with van der Waals surface area (Å²) >= 11 is 0. The predicted molar refractivity (Wildman–Crippen MR) is 142 cm³/mol. The molecule has 186 valence electrons. The quantitative estimate of drug-likeness (QED) is 0.463. The largest absolute Gasteiger partial charge is 0.415 e. The Kier molecular flexibility index (Phi) is 7.35. The number of aromatic nitrogens is 4. The monoisotopic (exact) mass is 509 g/mol. The molecule has 2 aromatic heterocycles. The summed E-state index contributed by atoms with van der Waals surface area (Å²) in [5.41, 5.74) is 1.57. The molecule has 8 nitrogen and oxygen atoms in total. The van der Waals surface area contributed by atoms with Gasteiger partial charge in [-0.25, -0.2) is 15.0 Å². The van der Waals surface area contributed by atoms with Gasteiger partial charge in [-0.15, -0.1) is 0 Å². The van der Waals surface area contributed by atoms with Crippen LogP contribution in [0.4, 0.5) is 5.82 Å². The van der Waals surface area contributed by atoms with Crippen molar-refractivity contribution in [2.75, 3.05) is 11.6 Å². The second kappa shape index (κ2) is 9.15. The van der Waals surface area contributed by atoms with E-state index in [-0.39, 0.29) is 23.5 Å². The molecule has 0 spiro atoms. The van der Waals surface area contributed by atoms with E-state index in [0.717, 1.165) is 23.4 Å². The minimum Gasteiger partial charge on any atom is -0.415 e. The van der Waals surface area contributed by atoms with Gasteiger partial charge in [-0.2, -0.15) is 0 Å². The molecule has 1 fully saturated rings. The smallest absolute Gasteiger partial charge is 0.192 e. The first-order valence-electron chi connectivity index (χ1n) is 11.9. The third-order valence-electron chi connectivity index (χ3n) is 6.28. The lowest BCUT2D eigenvalue weighted by atomic mass is 10.2. The molecule has 3 heterocycles. The van der Waals surface area contributed by atoms with Gasteiger partial charge in [0.2, 0.25) is 0 Å². The molecular formula is C22H43N5O3Si3. The van der Waals surface area contributed by atoms with Crippen molar-refractivity contribution in [3.8, 4) is 0 Å². The van der Waals surface area contributed by atoms with Crippen LogP contribution in [0.1, 0.15) is 33.4 Å². The van der Waals surface area contributed by atoms with Crippen molar-refractivity contribution in [1.82, 2.24) is 19.5 Å². The highest BCUT2D eigenvalue weighted by molar-refractivity contribution is 6.79. The Morgan fingerprint density at radius 2 is 1.73 bits per heavy atom. The topological polar surface area (TPSA) is 83.3 Å². The zero-order chi connectivity index (χ0) is 24.8. The number of imidazole rings is 1. The van der Waals surface area contributed by atoms with Gasteiger partial charge in [0.1, 0.15) is 38.2 Å². The van der Waals surface area contributed by atoms with Crippen molar-refractivity contribution in [2.24, 2.45) is 0 Å². The minimum absolute atomic E-state index is 0.0221. The number of fused-ring (bicyclic) bond motifs is 1. The molecule has 0 saturated carbocycles. The van der Waals surface area contributed by atoms with Crippen molar-refractivity contribution in [2.45, 2.75) is 103 Å². The molecule has 0 aliphatic carbocycles. The van der Waals surface area contributed by atoms with Crippen molar-refractivity contribution in [1.29, 1.82) is 0 Å². The van der Waals surface area contributed by atoms with Crippen LogP contribution in [0.2, 0.25) is 57.4 Å². The molecule has 33 heavy (non-hydrogen) atoms. The van der Waals surface area contributed by atoms with Gasteiger partial charge >= 0.3 is 0 Å². The Morgan fingerprint density at radius 1 is 1.06 bits per heavy atom. The predicted octanol–water partition coefficient (Wildman–Crippen LogP) is 5.60. The number of rotatable bonds is 8. The second-order valence-corrected chi connectivity index (χ2v) is 26.6. The maximum atomic E-state index is 6.85. The van der Waals surface area contributed by atoms with Crippen LogP contribution in [-0.4, -0.2) is 63.2 Å². The first-order valence-corrected chi connectivity index (χ1v) is 21.7. The maximum Gasteiger partial charge on any atom is 0.192 e. The average Bonchev–Trinajstić information content (AvgIpc) is 3.21. The first-order chi connectivity index (χ1) is 15.0. The second-order valence-electron chi connectivity index (χ2n) is 12.6. The molecule has 0 bridgehead atoms. The third kappa shape index (κ3) is 6.51. The van der Waals surface area contributed by atoms with Crippen LogP contribution in [0.25, 0.3) is 11.2 Å². The highest BCUT2D eigenvalue weighted by Crippen LogP contribution is 2.41. The number of hydrogen-bond donors (Lipinski definition) is 1. The van der Waals surface area contributed by atoms with E-state index in [0.29, 0.717) is 6.61 Å². The first kappa shape index (κ1) is 26.5. The summed E-state index contributed by atoms with van der Waals surface area (Å²) in [5.74, 6) is 0.795. The summed E-state index contributed by atoms with van der Waals surface area (Å²) in [6.45, 7) is 25.3. The number of ether oxygens (including phenoxy) is 1. The molecule has 2 aromatic rings. The fourth-order valence-electron chi connectivity index (χ4n) is 3.54. The molecule has 1 N–H and O–H groups in total. The van der Waals surface area contributed by atoms with Crippen LogP contribution in [0.5, 0.6) is 0 Å². The Morgan fingerprint density at radius 3 is 2.30 bits per heavy atom. The normalized spacial score (nSPS) is 22.8. The van der Waals surface area contributed by atoms with Gasteiger partial charge in [0, 0.05) is 6.42 Å². The summed E-state index contributed by atoms with van der Waals surface area (Å²) in [6.07, 6.45) is 3.84. The van der Waals surface area contributed by atoms with Crippen LogP contribution in [-0.2, 0) is 13.6 Å². The summed E-state index contributed by atoms with van der Waals surface area (Å²) in [4.78, 5) is 17.2. The summed E-state index contributed by atoms with van der Waals surface area (Å²) in [6, 6.07) is 0. The van der Waals surface area contributed by atoms with Gasteiger partial charge in [-0.05, 0) is 37.8 Å². The van der Waals surface area contributed by atoms with Crippen LogP contribution < -0.4 is 4.98 Å². The lowest BCUT2D eigenvalue weighted by molar-refractivity contribution is -0.0374. The maximum absolute atomic E-state index is 6.85. The summed E-state index contributed by atoms with van der Waals surface area (Å²) in [5, 5.41) is 0.127. The molecular weight excluding hydrogens is 467 g/mol. The number of nitrogens with zero attached hydrogens (tertiary/aromatic N) is 4. The Bertz CT molecular complexity index is 963. The number of nitrogens with one attached hydrogen (secondary N) is 1.